The van der Waals surface area contributed by atoms with Crippen LogP contribution in [0.1, 0.15) is 34.0 Å². The van der Waals surface area contributed by atoms with Crippen LogP contribution in [0.3, 0.4) is 0 Å². The number of carbonyl (C=O) groups excluding carboxylic acids is 2. The Hall–Kier alpha value is -4.17. The number of nitrogens with zero attached hydrogens (tertiary/aromatic N) is 2. The summed E-state index contributed by atoms with van der Waals surface area (Å²) in [6, 6.07) is 19.3. The minimum Gasteiger partial charge on any atom is -0.465 e. The van der Waals surface area contributed by atoms with E-state index < -0.39 is 0 Å². The average Bonchev–Trinajstić information content (AvgIpc) is 3.24. The second-order valence-electron chi connectivity index (χ2n) is 8.18. The summed E-state index contributed by atoms with van der Waals surface area (Å²) in [6.07, 6.45) is 1.78. The van der Waals surface area contributed by atoms with Gasteiger partial charge in [-0.15, -0.1) is 0 Å². The third-order valence-electron chi connectivity index (χ3n) is 5.60. The number of fused-ring (bicyclic) bond motifs is 1. The van der Waals surface area contributed by atoms with Gasteiger partial charge in [0.25, 0.3) is 5.91 Å². The van der Waals surface area contributed by atoms with Crippen LogP contribution in [0, 0.1) is 6.92 Å². The zero-order valence-corrected chi connectivity index (χ0v) is 19.9. The lowest BCUT2D eigenvalue weighted by Gasteiger charge is -2.10. The van der Waals surface area contributed by atoms with Crippen LogP contribution >= 0.6 is 0 Å². The number of amides is 1. The van der Waals surface area contributed by atoms with Crippen LogP contribution in [0.2, 0.25) is 0 Å². The number of hydrogen-bond donors (Lipinski definition) is 3. The quantitative estimate of drug-likeness (QED) is 0.321. The van der Waals surface area contributed by atoms with Crippen molar-refractivity contribution in [3.8, 4) is 11.3 Å². The molecule has 1 amide bonds. The average molecular weight is 472 g/mol. The number of esters is 1. The number of aryl methyl sites for hydroxylation is 1. The fourth-order valence-electron chi connectivity index (χ4n) is 3.79. The van der Waals surface area contributed by atoms with Crippen LogP contribution in [0.5, 0.6) is 0 Å². The smallest absolute Gasteiger partial charge is 0.325 e. The Bertz CT molecular complexity index is 1340. The molecule has 0 aliphatic heterocycles. The Morgan fingerprint density at radius 2 is 1.83 bits per heavy atom. The van der Waals surface area contributed by atoms with Gasteiger partial charge < -0.3 is 21.1 Å². The van der Waals surface area contributed by atoms with Crippen molar-refractivity contribution in [2.45, 2.75) is 26.9 Å². The first-order valence-electron chi connectivity index (χ1n) is 11.5. The predicted octanol–water partition coefficient (Wildman–Crippen LogP) is 3.67. The van der Waals surface area contributed by atoms with Gasteiger partial charge in [-0.2, -0.15) is 0 Å². The summed E-state index contributed by atoms with van der Waals surface area (Å²) in [7, 11) is 0. The maximum absolute atomic E-state index is 12.9. The van der Waals surface area contributed by atoms with Gasteiger partial charge in [-0.1, -0.05) is 54.1 Å². The van der Waals surface area contributed by atoms with Crippen molar-refractivity contribution in [3.63, 3.8) is 0 Å². The number of nitrogens with two attached hydrogens (primary N) is 1. The van der Waals surface area contributed by atoms with Crippen molar-refractivity contribution in [1.82, 2.24) is 14.7 Å². The molecule has 0 aliphatic carbocycles. The molecule has 0 fully saturated rings. The molecular formula is C27H29N5O3. The maximum Gasteiger partial charge on any atom is 0.325 e. The highest BCUT2D eigenvalue weighted by Crippen LogP contribution is 2.29. The highest BCUT2D eigenvalue weighted by atomic mass is 16.5. The summed E-state index contributed by atoms with van der Waals surface area (Å²) in [5.41, 5.74) is 11.5. The van der Waals surface area contributed by atoms with Crippen molar-refractivity contribution >= 4 is 23.3 Å². The largest absolute Gasteiger partial charge is 0.465 e. The highest BCUT2D eigenvalue weighted by molar-refractivity contribution is 5.95. The van der Waals surface area contributed by atoms with E-state index in [2.05, 4.69) is 10.6 Å². The molecule has 4 rings (SSSR count). The van der Waals surface area contributed by atoms with Crippen LogP contribution in [-0.2, 0) is 22.6 Å². The number of nitrogens with one attached hydrogen (secondary N) is 2. The molecule has 0 saturated heterocycles. The van der Waals surface area contributed by atoms with E-state index in [1.807, 2.05) is 59.9 Å². The molecule has 180 valence electrons. The summed E-state index contributed by atoms with van der Waals surface area (Å²) >= 11 is 0. The predicted molar refractivity (Wildman–Crippen MR) is 136 cm³/mol. The fraction of sp³-hybridized carbons (Fsp3) is 0.222. The van der Waals surface area contributed by atoms with Crippen LogP contribution < -0.4 is 16.4 Å². The highest BCUT2D eigenvalue weighted by Gasteiger charge is 2.17. The molecule has 0 saturated carbocycles. The molecular weight excluding hydrogens is 442 g/mol. The van der Waals surface area contributed by atoms with Crippen LogP contribution in [-0.4, -0.2) is 34.4 Å². The number of imidazole rings is 1. The van der Waals surface area contributed by atoms with E-state index in [-0.39, 0.29) is 18.4 Å². The molecule has 35 heavy (non-hydrogen) atoms. The van der Waals surface area contributed by atoms with Crippen molar-refractivity contribution < 1.29 is 14.3 Å². The Labute approximate surface area is 204 Å². The standard InChI is InChI=1S/C27H29N5O3/c1-3-35-24(33)17-29-26-25(21-9-7-18(2)8-10-21)31-23-14-22(11-12-32(23)26)27(34)30-16-20-6-4-5-19(13-20)15-28/h4-14,29H,3,15-17,28H2,1-2H3,(H,30,34). The minimum absolute atomic E-state index is 0.00456. The molecule has 2 aromatic carbocycles. The second-order valence-corrected chi connectivity index (χ2v) is 8.18. The van der Waals surface area contributed by atoms with Crippen LogP contribution in [0.15, 0.2) is 66.9 Å². The third kappa shape index (κ3) is 5.67. The number of pyridine rings is 1. The maximum atomic E-state index is 12.9. The molecule has 0 atom stereocenters. The normalized spacial score (nSPS) is 10.8. The minimum atomic E-state index is -0.355. The lowest BCUT2D eigenvalue weighted by atomic mass is 10.1. The molecule has 4 N–H and O–H groups in total. The van der Waals surface area contributed by atoms with Crippen molar-refractivity contribution in [2.24, 2.45) is 5.73 Å². The number of rotatable bonds is 9. The molecule has 8 nitrogen and oxygen atoms in total. The van der Waals surface area contributed by atoms with Crippen molar-refractivity contribution in [1.29, 1.82) is 0 Å². The Morgan fingerprint density at radius 3 is 2.57 bits per heavy atom. The fourth-order valence-corrected chi connectivity index (χ4v) is 3.79. The lowest BCUT2D eigenvalue weighted by molar-refractivity contribution is -0.140. The SMILES string of the molecule is CCOC(=O)CNc1c(-c2ccc(C)cc2)nc2cc(C(=O)NCc3cccc(CN)c3)ccn12. The van der Waals surface area contributed by atoms with E-state index in [9.17, 15) is 9.59 Å². The Balaban J connectivity index is 1.61. The molecule has 8 heteroatoms. The first kappa shape index (κ1) is 24.0. The Kier molecular flexibility index (Phi) is 7.42. The van der Waals surface area contributed by atoms with E-state index in [0.29, 0.717) is 42.4 Å². The Morgan fingerprint density at radius 1 is 1.06 bits per heavy atom. The zero-order chi connectivity index (χ0) is 24.8. The summed E-state index contributed by atoms with van der Waals surface area (Å²) < 4.78 is 6.88. The molecule has 2 heterocycles. The summed E-state index contributed by atoms with van der Waals surface area (Å²) in [6.45, 7) is 4.95. The number of aromatic nitrogens is 2. The zero-order valence-electron chi connectivity index (χ0n) is 19.9. The van der Waals surface area contributed by atoms with Gasteiger partial charge in [0.2, 0.25) is 0 Å². The lowest BCUT2D eigenvalue weighted by Crippen LogP contribution is -2.23. The van der Waals surface area contributed by atoms with Gasteiger partial charge >= 0.3 is 5.97 Å². The first-order chi connectivity index (χ1) is 17.0. The number of carbonyl (C=O) groups is 2. The first-order valence-corrected chi connectivity index (χ1v) is 11.5. The molecule has 0 spiro atoms. The van der Waals surface area contributed by atoms with E-state index in [0.717, 1.165) is 22.3 Å². The summed E-state index contributed by atoms with van der Waals surface area (Å²) in [5.74, 6) is 0.0982. The van der Waals surface area contributed by atoms with E-state index in [1.54, 1.807) is 25.3 Å². The van der Waals surface area contributed by atoms with Gasteiger partial charge in [-0.05, 0) is 37.1 Å². The van der Waals surface area contributed by atoms with Crippen LogP contribution in [0.4, 0.5) is 5.82 Å². The van der Waals surface area contributed by atoms with Gasteiger partial charge in [0.05, 0.1) is 6.61 Å². The number of benzene rings is 2. The topological polar surface area (TPSA) is 111 Å². The number of ether oxygens (including phenoxy) is 1. The number of anilines is 1. The monoisotopic (exact) mass is 471 g/mol. The molecule has 0 radical (unpaired) electrons. The van der Waals surface area contributed by atoms with Crippen molar-refractivity contribution in [3.05, 3.63) is 89.1 Å². The second kappa shape index (κ2) is 10.8. The molecule has 0 bridgehead atoms. The molecule has 0 unspecified atom stereocenters. The molecule has 4 aromatic rings. The van der Waals surface area contributed by atoms with Crippen LogP contribution in [0.25, 0.3) is 16.9 Å². The number of hydrogen-bond acceptors (Lipinski definition) is 6. The van der Waals surface area contributed by atoms with E-state index >= 15 is 0 Å². The summed E-state index contributed by atoms with van der Waals surface area (Å²) in [4.78, 5) is 29.6. The van der Waals surface area contributed by atoms with Gasteiger partial charge in [0, 0.05) is 30.4 Å². The van der Waals surface area contributed by atoms with Gasteiger partial charge in [-0.3, -0.25) is 14.0 Å². The van der Waals surface area contributed by atoms with E-state index in [1.165, 1.54) is 0 Å². The molecule has 2 aromatic heterocycles. The van der Waals surface area contributed by atoms with Gasteiger partial charge in [0.15, 0.2) is 0 Å². The van der Waals surface area contributed by atoms with E-state index in [4.69, 9.17) is 15.5 Å². The summed E-state index contributed by atoms with van der Waals surface area (Å²) in [5, 5.41) is 6.11. The van der Waals surface area contributed by atoms with Crippen molar-refractivity contribution in [2.75, 3.05) is 18.5 Å². The third-order valence-corrected chi connectivity index (χ3v) is 5.60. The van der Waals surface area contributed by atoms with Gasteiger partial charge in [0.1, 0.15) is 23.7 Å². The molecule has 0 aliphatic rings. The van der Waals surface area contributed by atoms with Gasteiger partial charge in [-0.25, -0.2) is 4.98 Å².